The molecule has 0 aliphatic carbocycles. The SMILES string of the molecule is CC(C)(C)C(=O)N[C@H]1CNCC1(F)F. The highest BCUT2D eigenvalue weighted by Crippen LogP contribution is 2.23. The summed E-state index contributed by atoms with van der Waals surface area (Å²) in [5.41, 5.74) is -0.626. The highest BCUT2D eigenvalue weighted by atomic mass is 19.3. The maximum Gasteiger partial charge on any atom is 0.281 e. The minimum atomic E-state index is -2.83. The van der Waals surface area contributed by atoms with Crippen LogP contribution in [0.15, 0.2) is 0 Å². The van der Waals surface area contributed by atoms with Gasteiger partial charge in [-0.3, -0.25) is 4.79 Å². The zero-order chi connectivity index (χ0) is 11.0. The predicted octanol–water partition coefficient (Wildman–Crippen LogP) is 0.756. The maximum atomic E-state index is 13.1. The van der Waals surface area contributed by atoms with Crippen molar-refractivity contribution in [2.45, 2.75) is 32.7 Å². The molecule has 1 aliphatic rings. The van der Waals surface area contributed by atoms with E-state index in [0.717, 1.165) is 0 Å². The molecule has 1 heterocycles. The molecule has 0 saturated carbocycles. The number of amides is 1. The fraction of sp³-hybridized carbons (Fsp3) is 0.889. The topological polar surface area (TPSA) is 41.1 Å². The molecule has 0 radical (unpaired) electrons. The summed E-state index contributed by atoms with van der Waals surface area (Å²) in [6.45, 7) is 4.87. The number of carbonyl (C=O) groups is 1. The second-order valence-electron chi connectivity index (χ2n) is 4.67. The van der Waals surface area contributed by atoms with Crippen LogP contribution in [-0.2, 0) is 4.79 Å². The molecule has 2 N–H and O–H groups in total. The molecule has 0 aromatic carbocycles. The van der Waals surface area contributed by atoms with Crippen molar-refractivity contribution in [3.05, 3.63) is 0 Å². The van der Waals surface area contributed by atoms with Gasteiger partial charge in [0, 0.05) is 12.0 Å². The number of alkyl halides is 2. The first-order valence-electron chi connectivity index (χ1n) is 4.63. The molecule has 0 aromatic rings. The lowest BCUT2D eigenvalue weighted by atomic mass is 9.95. The van der Waals surface area contributed by atoms with E-state index in [4.69, 9.17) is 0 Å². The lowest BCUT2D eigenvalue weighted by Gasteiger charge is -2.24. The van der Waals surface area contributed by atoms with Crippen molar-refractivity contribution in [2.75, 3.05) is 13.1 Å². The molecule has 5 heteroatoms. The summed E-state index contributed by atoms with van der Waals surface area (Å²) in [6, 6.07) is -1.07. The molecule has 1 atom stereocenters. The van der Waals surface area contributed by atoms with E-state index in [1.807, 2.05) is 0 Å². The number of halogens is 2. The summed E-state index contributed by atoms with van der Waals surface area (Å²) < 4.78 is 26.2. The summed E-state index contributed by atoms with van der Waals surface area (Å²) in [5.74, 6) is -3.17. The Bertz CT molecular complexity index is 235. The minimum Gasteiger partial charge on any atom is -0.345 e. The van der Waals surface area contributed by atoms with Gasteiger partial charge in [0.05, 0.1) is 6.54 Å². The highest BCUT2D eigenvalue weighted by molar-refractivity contribution is 5.81. The average Bonchev–Trinajstić information content (AvgIpc) is 2.29. The molecule has 0 aromatic heterocycles. The second kappa shape index (κ2) is 3.46. The van der Waals surface area contributed by atoms with Crippen molar-refractivity contribution < 1.29 is 13.6 Å². The Morgan fingerprint density at radius 1 is 1.50 bits per heavy atom. The van der Waals surface area contributed by atoms with Gasteiger partial charge in [0.25, 0.3) is 5.92 Å². The first-order valence-corrected chi connectivity index (χ1v) is 4.63. The standard InChI is InChI=1S/C9H16F2N2O/c1-8(2,3)7(14)13-6-4-12-5-9(6,10)11/h6,12H,4-5H2,1-3H3,(H,13,14)/t6-/m0/s1. The summed E-state index contributed by atoms with van der Waals surface area (Å²) in [7, 11) is 0. The van der Waals surface area contributed by atoms with Gasteiger partial charge >= 0.3 is 0 Å². The van der Waals surface area contributed by atoms with Gasteiger partial charge in [-0.25, -0.2) is 8.78 Å². The third-order valence-electron chi connectivity index (χ3n) is 2.21. The Balaban J connectivity index is 2.57. The van der Waals surface area contributed by atoms with Crippen LogP contribution in [0.2, 0.25) is 0 Å². The summed E-state index contributed by atoms with van der Waals surface area (Å²) >= 11 is 0. The van der Waals surface area contributed by atoms with E-state index in [1.54, 1.807) is 20.8 Å². The third-order valence-corrected chi connectivity index (χ3v) is 2.21. The molecule has 0 spiro atoms. The minimum absolute atomic E-state index is 0.134. The molecule has 14 heavy (non-hydrogen) atoms. The van der Waals surface area contributed by atoms with Gasteiger partial charge < -0.3 is 10.6 Å². The maximum absolute atomic E-state index is 13.1. The zero-order valence-electron chi connectivity index (χ0n) is 8.66. The summed E-state index contributed by atoms with van der Waals surface area (Å²) in [4.78, 5) is 11.4. The second-order valence-corrected chi connectivity index (χ2v) is 4.67. The molecule has 1 rings (SSSR count). The van der Waals surface area contributed by atoms with Gasteiger partial charge in [0.1, 0.15) is 6.04 Å². The van der Waals surface area contributed by atoms with E-state index < -0.39 is 17.4 Å². The van der Waals surface area contributed by atoms with Crippen LogP contribution in [0.5, 0.6) is 0 Å². The van der Waals surface area contributed by atoms with Crippen LogP contribution >= 0.6 is 0 Å². The van der Waals surface area contributed by atoms with Crippen molar-refractivity contribution in [1.82, 2.24) is 10.6 Å². The molecule has 1 saturated heterocycles. The molecule has 1 aliphatic heterocycles. The molecule has 3 nitrogen and oxygen atoms in total. The molecule has 0 unspecified atom stereocenters. The Labute approximate surface area is 82.2 Å². The largest absolute Gasteiger partial charge is 0.345 e. The third kappa shape index (κ3) is 2.41. The van der Waals surface area contributed by atoms with Crippen LogP contribution in [0.1, 0.15) is 20.8 Å². The van der Waals surface area contributed by atoms with Crippen molar-refractivity contribution in [3.8, 4) is 0 Å². The predicted molar refractivity (Wildman–Crippen MR) is 49.2 cm³/mol. The number of hydrogen-bond acceptors (Lipinski definition) is 2. The molecular formula is C9H16F2N2O. The average molecular weight is 206 g/mol. The van der Waals surface area contributed by atoms with Crippen LogP contribution < -0.4 is 10.6 Å². The van der Waals surface area contributed by atoms with Crippen molar-refractivity contribution in [3.63, 3.8) is 0 Å². The molecule has 1 fully saturated rings. The van der Waals surface area contributed by atoms with Crippen LogP contribution in [0.25, 0.3) is 0 Å². The Morgan fingerprint density at radius 2 is 2.07 bits per heavy atom. The quantitative estimate of drug-likeness (QED) is 0.665. The summed E-state index contributed by atoms with van der Waals surface area (Å²) in [6.07, 6.45) is 0. The number of hydrogen-bond donors (Lipinski definition) is 2. The fourth-order valence-corrected chi connectivity index (χ4v) is 1.19. The van der Waals surface area contributed by atoms with Crippen molar-refractivity contribution >= 4 is 5.91 Å². The van der Waals surface area contributed by atoms with Crippen molar-refractivity contribution in [1.29, 1.82) is 0 Å². The Hall–Kier alpha value is -0.710. The van der Waals surface area contributed by atoms with Crippen molar-refractivity contribution in [2.24, 2.45) is 5.41 Å². The summed E-state index contributed by atoms with van der Waals surface area (Å²) in [5, 5.41) is 4.91. The van der Waals surface area contributed by atoms with E-state index in [-0.39, 0.29) is 19.0 Å². The number of nitrogens with one attached hydrogen (secondary N) is 2. The van der Waals surface area contributed by atoms with Crippen LogP contribution in [0.3, 0.4) is 0 Å². The molecule has 1 amide bonds. The molecule has 0 bridgehead atoms. The highest BCUT2D eigenvalue weighted by Gasteiger charge is 2.45. The molecular weight excluding hydrogens is 190 g/mol. The van der Waals surface area contributed by atoms with Gasteiger partial charge in [-0.05, 0) is 0 Å². The van der Waals surface area contributed by atoms with Gasteiger partial charge in [0.2, 0.25) is 5.91 Å². The van der Waals surface area contributed by atoms with Gasteiger partial charge in [-0.2, -0.15) is 0 Å². The number of carbonyl (C=O) groups excluding carboxylic acids is 1. The Morgan fingerprint density at radius 3 is 2.43 bits per heavy atom. The van der Waals surface area contributed by atoms with Gasteiger partial charge in [-0.1, -0.05) is 20.8 Å². The fourth-order valence-electron chi connectivity index (χ4n) is 1.19. The monoisotopic (exact) mass is 206 g/mol. The van der Waals surface area contributed by atoms with Crippen LogP contribution in [-0.4, -0.2) is 31.0 Å². The van der Waals surface area contributed by atoms with Gasteiger partial charge in [0.15, 0.2) is 0 Å². The van der Waals surface area contributed by atoms with E-state index in [9.17, 15) is 13.6 Å². The first kappa shape index (κ1) is 11.4. The first-order chi connectivity index (χ1) is 6.23. The van der Waals surface area contributed by atoms with E-state index in [2.05, 4.69) is 10.6 Å². The van der Waals surface area contributed by atoms with E-state index in [0.29, 0.717) is 0 Å². The van der Waals surface area contributed by atoms with Crippen LogP contribution in [0.4, 0.5) is 8.78 Å². The molecule has 82 valence electrons. The lowest BCUT2D eigenvalue weighted by molar-refractivity contribution is -0.131. The Kier molecular flexibility index (Phi) is 2.81. The van der Waals surface area contributed by atoms with E-state index >= 15 is 0 Å². The normalized spacial score (nSPS) is 26.2. The smallest absolute Gasteiger partial charge is 0.281 e. The van der Waals surface area contributed by atoms with Gasteiger partial charge in [-0.15, -0.1) is 0 Å². The van der Waals surface area contributed by atoms with E-state index in [1.165, 1.54) is 0 Å². The number of rotatable bonds is 1. The van der Waals surface area contributed by atoms with Crippen LogP contribution in [0, 0.1) is 5.41 Å². The lowest BCUT2D eigenvalue weighted by Crippen LogP contribution is -2.50. The zero-order valence-corrected chi connectivity index (χ0v) is 8.66.